The maximum atomic E-state index is 11.5. The van der Waals surface area contributed by atoms with Crippen LogP contribution < -0.4 is 0 Å². The van der Waals surface area contributed by atoms with Crippen molar-refractivity contribution >= 4 is 17.7 Å². The molecule has 0 bridgehead atoms. The lowest BCUT2D eigenvalue weighted by atomic mass is 10.1. The molecule has 0 amide bonds. The summed E-state index contributed by atoms with van der Waals surface area (Å²) in [6.45, 7) is 0.150. The van der Waals surface area contributed by atoms with Crippen molar-refractivity contribution < 1.29 is 32.1 Å². The Balaban J connectivity index is 2.19. The van der Waals surface area contributed by atoms with Gasteiger partial charge >= 0.3 is 7.60 Å². The van der Waals surface area contributed by atoms with Crippen LogP contribution in [0.25, 0.3) is 0 Å². The second-order valence-corrected chi connectivity index (χ2v) is 9.65. The lowest BCUT2D eigenvalue weighted by molar-refractivity contribution is 0.0362. The van der Waals surface area contributed by atoms with Gasteiger partial charge in [0, 0.05) is 6.42 Å². The van der Waals surface area contributed by atoms with Gasteiger partial charge in [0.1, 0.15) is 0 Å². The van der Waals surface area contributed by atoms with Gasteiger partial charge in [0.05, 0.1) is 12.7 Å². The highest BCUT2D eigenvalue weighted by Crippen LogP contribution is 2.46. The molecule has 2 atom stereocenters. The number of rotatable bonds is 9. The van der Waals surface area contributed by atoms with Crippen molar-refractivity contribution in [1.82, 2.24) is 0 Å². The molecular weight excluding hydrogens is 379 g/mol. The quantitative estimate of drug-likeness (QED) is 0.437. The summed E-state index contributed by atoms with van der Waals surface area (Å²) in [4.78, 5) is 16.4. The zero-order valence-electron chi connectivity index (χ0n) is 13.9. The highest BCUT2D eigenvalue weighted by molar-refractivity contribution is 7.93. The monoisotopic (exact) mass is 400 g/mol. The molecule has 2 unspecified atom stereocenters. The lowest BCUT2D eigenvalue weighted by Crippen LogP contribution is -2.29. The zero-order chi connectivity index (χ0) is 19.2. The Morgan fingerprint density at radius 3 is 1.88 bits per heavy atom. The maximum absolute atomic E-state index is 11.5. The van der Waals surface area contributed by atoms with Gasteiger partial charge in [-0.05, 0) is 17.5 Å². The molecule has 0 saturated heterocycles. The highest BCUT2D eigenvalue weighted by Gasteiger charge is 2.41. The molecule has 26 heavy (non-hydrogen) atoms. The molecule has 9 heteroatoms. The average molecular weight is 400 g/mol. The van der Waals surface area contributed by atoms with Crippen molar-refractivity contribution in [2.75, 3.05) is 0 Å². The van der Waals surface area contributed by atoms with Crippen LogP contribution in [-0.4, -0.2) is 33.9 Å². The highest BCUT2D eigenvalue weighted by atomic mass is 32.2. The van der Waals surface area contributed by atoms with Gasteiger partial charge in [-0.3, -0.25) is 9.12 Å². The van der Waals surface area contributed by atoms with E-state index in [2.05, 4.69) is 0 Å². The Kier molecular flexibility index (Phi) is 7.11. The predicted molar refractivity (Wildman–Crippen MR) is 97.2 cm³/mol. The summed E-state index contributed by atoms with van der Waals surface area (Å²) in [5.74, 6) is 0. The fourth-order valence-corrected chi connectivity index (χ4v) is 4.89. The van der Waals surface area contributed by atoms with Gasteiger partial charge in [-0.1, -0.05) is 60.7 Å². The molecule has 0 heterocycles. The molecule has 0 aliphatic rings. The van der Waals surface area contributed by atoms with E-state index in [-0.39, 0.29) is 13.0 Å². The minimum absolute atomic E-state index is 0.150. The third-order valence-electron chi connectivity index (χ3n) is 3.82. The van der Waals surface area contributed by atoms with E-state index >= 15 is 0 Å². The van der Waals surface area contributed by atoms with Crippen LogP contribution in [0.2, 0.25) is 0 Å². The molecule has 0 spiro atoms. The Bertz CT molecular complexity index is 834. The summed E-state index contributed by atoms with van der Waals surface area (Å²) in [6.07, 6.45) is -1.08. The van der Waals surface area contributed by atoms with Gasteiger partial charge in [-0.2, -0.15) is 8.42 Å². The largest absolute Gasteiger partial charge is 0.373 e. The van der Waals surface area contributed by atoms with Gasteiger partial charge in [-0.25, -0.2) is 0 Å². The van der Waals surface area contributed by atoms with Crippen LogP contribution in [0, 0.1) is 0 Å². The van der Waals surface area contributed by atoms with E-state index in [4.69, 9.17) is 4.74 Å². The molecule has 2 aromatic carbocycles. The van der Waals surface area contributed by atoms with Crippen LogP contribution in [-0.2, 0) is 32.4 Å². The number of hydrogen-bond acceptors (Lipinski definition) is 4. The first kappa shape index (κ1) is 20.8. The van der Waals surface area contributed by atoms with Gasteiger partial charge < -0.3 is 14.5 Å². The topological polar surface area (TPSA) is 121 Å². The van der Waals surface area contributed by atoms with Crippen LogP contribution in [0.15, 0.2) is 60.7 Å². The fraction of sp³-hybridized carbons (Fsp3) is 0.294. The molecule has 0 aliphatic heterocycles. The molecule has 0 aliphatic carbocycles. The summed E-state index contributed by atoms with van der Waals surface area (Å²) in [5, 5.41) is 0. The van der Waals surface area contributed by atoms with Gasteiger partial charge in [-0.15, -0.1) is 0 Å². The van der Waals surface area contributed by atoms with Crippen molar-refractivity contribution in [3.63, 3.8) is 0 Å². The normalized spacial score (nSPS) is 14.7. The standard InChI is InChI=1S/C17H21O7PS/c18-25(19,20)17(26(21,22)23)12-16(11-14-7-3-1-4-8-14)24-13-15-9-5-2-6-10-15/h1-10,16-17H,11-13H2,(H2,18,19,20)(H,21,22,23). The zero-order valence-corrected chi connectivity index (χ0v) is 15.6. The van der Waals surface area contributed by atoms with E-state index in [0.717, 1.165) is 11.1 Å². The van der Waals surface area contributed by atoms with Crippen molar-refractivity contribution in [2.24, 2.45) is 0 Å². The van der Waals surface area contributed by atoms with E-state index in [1.165, 1.54) is 0 Å². The predicted octanol–water partition coefficient (Wildman–Crippen LogP) is 2.60. The molecule has 0 radical (unpaired) electrons. The molecule has 2 aromatic rings. The summed E-state index contributed by atoms with van der Waals surface area (Å²) in [7, 11) is -10.0. The Hall–Kier alpha value is -1.54. The average Bonchev–Trinajstić information content (AvgIpc) is 2.57. The Morgan fingerprint density at radius 2 is 1.42 bits per heavy atom. The summed E-state index contributed by atoms with van der Waals surface area (Å²) in [5.41, 5.74) is 1.66. The minimum atomic E-state index is -5.07. The van der Waals surface area contributed by atoms with E-state index in [1.807, 2.05) is 36.4 Å². The van der Waals surface area contributed by atoms with Crippen LogP contribution in [0.3, 0.4) is 0 Å². The minimum Gasteiger partial charge on any atom is -0.373 e. The number of hydrogen-bond donors (Lipinski definition) is 3. The smallest absolute Gasteiger partial charge is 0.346 e. The summed E-state index contributed by atoms with van der Waals surface area (Å²) < 4.78 is 49.4. The lowest BCUT2D eigenvalue weighted by Gasteiger charge is -2.23. The van der Waals surface area contributed by atoms with E-state index in [9.17, 15) is 27.3 Å². The Morgan fingerprint density at radius 1 is 0.923 bits per heavy atom. The Labute approximate surface area is 152 Å². The van der Waals surface area contributed by atoms with Crippen LogP contribution in [0.5, 0.6) is 0 Å². The molecule has 0 aromatic heterocycles. The van der Waals surface area contributed by atoms with E-state index < -0.39 is 35.2 Å². The number of benzene rings is 2. The first-order valence-electron chi connectivity index (χ1n) is 7.87. The third kappa shape index (κ3) is 6.64. The second kappa shape index (κ2) is 8.90. The number of ether oxygens (including phenoxy) is 1. The van der Waals surface area contributed by atoms with Crippen molar-refractivity contribution in [2.45, 2.75) is 30.5 Å². The summed E-state index contributed by atoms with van der Waals surface area (Å²) >= 11 is 0. The van der Waals surface area contributed by atoms with E-state index in [0.29, 0.717) is 0 Å². The fourth-order valence-electron chi connectivity index (χ4n) is 2.53. The molecule has 3 N–H and O–H groups in total. The van der Waals surface area contributed by atoms with Crippen molar-refractivity contribution in [3.05, 3.63) is 71.8 Å². The molecule has 7 nitrogen and oxygen atoms in total. The molecule has 2 rings (SSSR count). The maximum Gasteiger partial charge on any atom is 0.346 e. The van der Waals surface area contributed by atoms with E-state index in [1.54, 1.807) is 24.3 Å². The van der Waals surface area contributed by atoms with Crippen molar-refractivity contribution in [3.8, 4) is 0 Å². The molecule has 0 fully saturated rings. The third-order valence-corrected chi connectivity index (χ3v) is 7.28. The molecule has 0 saturated carbocycles. The van der Waals surface area contributed by atoms with Crippen LogP contribution in [0.1, 0.15) is 17.5 Å². The second-order valence-electron chi connectivity index (χ2n) is 5.90. The van der Waals surface area contributed by atoms with Crippen LogP contribution >= 0.6 is 7.60 Å². The first-order chi connectivity index (χ1) is 12.2. The summed E-state index contributed by atoms with van der Waals surface area (Å²) in [6, 6.07) is 18.2. The van der Waals surface area contributed by atoms with Gasteiger partial charge in [0.2, 0.25) is 0 Å². The van der Waals surface area contributed by atoms with Crippen molar-refractivity contribution in [1.29, 1.82) is 0 Å². The van der Waals surface area contributed by atoms with Crippen LogP contribution in [0.4, 0.5) is 0 Å². The molecule has 142 valence electrons. The SMILES string of the molecule is O=P(O)(O)C(CC(Cc1ccccc1)OCc1ccccc1)S(=O)(=O)O. The molecular formula is C17H21O7PS. The first-order valence-corrected chi connectivity index (χ1v) is 11.1. The van der Waals surface area contributed by atoms with Gasteiger partial charge in [0.15, 0.2) is 4.99 Å². The van der Waals surface area contributed by atoms with Gasteiger partial charge in [0.25, 0.3) is 10.1 Å².